The van der Waals surface area contributed by atoms with E-state index in [-0.39, 0.29) is 0 Å². The second kappa shape index (κ2) is 9.11. The van der Waals surface area contributed by atoms with Gasteiger partial charge in [-0.1, -0.05) is 6.92 Å². The Balaban J connectivity index is 2.42. The fraction of sp³-hybridized carbons (Fsp3) is 0.786. The zero-order valence-corrected chi connectivity index (χ0v) is 12.0. The maximum Gasteiger partial charge on any atom is 0.0522 e. The molecule has 1 N–H and O–H groups in total. The Labute approximate surface area is 111 Å². The fourth-order valence-electron chi connectivity index (χ4n) is 1.96. The first-order valence-electron chi connectivity index (χ1n) is 7.12. The molecule has 0 fully saturated rings. The van der Waals surface area contributed by atoms with Gasteiger partial charge < -0.3 is 10.1 Å². The number of rotatable bonds is 10. The van der Waals surface area contributed by atoms with Gasteiger partial charge in [0.25, 0.3) is 0 Å². The summed E-state index contributed by atoms with van der Waals surface area (Å²) in [6.07, 6.45) is 7.38. The third-order valence-corrected chi connectivity index (χ3v) is 2.99. The van der Waals surface area contributed by atoms with Gasteiger partial charge >= 0.3 is 0 Å². The summed E-state index contributed by atoms with van der Waals surface area (Å²) in [6.45, 7) is 9.99. The predicted octanol–water partition coefficient (Wildman–Crippen LogP) is 2.24. The van der Waals surface area contributed by atoms with Crippen molar-refractivity contribution in [3.05, 3.63) is 18.0 Å². The Morgan fingerprint density at radius 3 is 2.83 bits per heavy atom. The molecule has 0 saturated carbocycles. The summed E-state index contributed by atoms with van der Waals surface area (Å²) >= 11 is 0. The molecule has 1 aromatic rings. The number of hydrogen-bond donors (Lipinski definition) is 1. The Morgan fingerprint density at radius 2 is 2.22 bits per heavy atom. The summed E-state index contributed by atoms with van der Waals surface area (Å²) in [5.41, 5.74) is 1.31. The normalized spacial score (nSPS) is 12.8. The van der Waals surface area contributed by atoms with Gasteiger partial charge in [-0.2, -0.15) is 5.10 Å². The van der Waals surface area contributed by atoms with Crippen molar-refractivity contribution in [2.75, 3.05) is 19.8 Å². The molecule has 0 aromatic carbocycles. The van der Waals surface area contributed by atoms with Crippen LogP contribution in [0.2, 0.25) is 0 Å². The molecule has 0 aliphatic carbocycles. The summed E-state index contributed by atoms with van der Waals surface area (Å²) < 4.78 is 7.43. The van der Waals surface area contributed by atoms with Gasteiger partial charge in [-0.25, -0.2) is 0 Å². The Hall–Kier alpha value is -0.870. The summed E-state index contributed by atoms with van der Waals surface area (Å²) in [7, 11) is 0. The van der Waals surface area contributed by atoms with Crippen LogP contribution >= 0.6 is 0 Å². The highest BCUT2D eigenvalue weighted by Gasteiger charge is 2.10. The molecule has 0 amide bonds. The standard InChI is InChI=1S/C14H27N3O/c1-4-8-15-14(7-9-18-6-3)10-13-11-16-17(5-2)12-13/h11-12,14-15H,4-10H2,1-3H3. The van der Waals surface area contributed by atoms with E-state index < -0.39 is 0 Å². The molecular weight excluding hydrogens is 226 g/mol. The molecule has 0 spiro atoms. The molecule has 4 heteroatoms. The highest BCUT2D eigenvalue weighted by molar-refractivity contribution is 5.06. The van der Waals surface area contributed by atoms with E-state index in [1.54, 1.807) is 0 Å². The first-order chi connectivity index (χ1) is 8.80. The molecule has 0 saturated heterocycles. The van der Waals surface area contributed by atoms with Crippen LogP contribution < -0.4 is 5.32 Å². The first kappa shape index (κ1) is 15.2. The van der Waals surface area contributed by atoms with Gasteiger partial charge in [0.05, 0.1) is 6.20 Å². The largest absolute Gasteiger partial charge is 0.382 e. The molecule has 0 aliphatic heterocycles. The van der Waals surface area contributed by atoms with Crippen molar-refractivity contribution in [3.8, 4) is 0 Å². The van der Waals surface area contributed by atoms with Crippen molar-refractivity contribution in [3.63, 3.8) is 0 Å². The van der Waals surface area contributed by atoms with Gasteiger partial charge in [0, 0.05) is 32.0 Å². The van der Waals surface area contributed by atoms with E-state index in [9.17, 15) is 0 Å². The molecule has 1 atom stereocenters. The van der Waals surface area contributed by atoms with Crippen LogP contribution in [0.3, 0.4) is 0 Å². The Bertz CT molecular complexity index is 312. The third-order valence-electron chi connectivity index (χ3n) is 2.99. The van der Waals surface area contributed by atoms with E-state index >= 15 is 0 Å². The van der Waals surface area contributed by atoms with E-state index in [1.165, 1.54) is 12.0 Å². The van der Waals surface area contributed by atoms with Crippen molar-refractivity contribution in [2.24, 2.45) is 0 Å². The van der Waals surface area contributed by atoms with Crippen molar-refractivity contribution < 1.29 is 4.74 Å². The fourth-order valence-corrected chi connectivity index (χ4v) is 1.96. The van der Waals surface area contributed by atoms with Crippen molar-refractivity contribution in [2.45, 2.75) is 52.6 Å². The number of ether oxygens (including phenoxy) is 1. The van der Waals surface area contributed by atoms with Crippen LogP contribution in [0.25, 0.3) is 0 Å². The molecule has 18 heavy (non-hydrogen) atoms. The van der Waals surface area contributed by atoms with Gasteiger partial charge in [-0.05, 0) is 45.2 Å². The summed E-state index contributed by atoms with van der Waals surface area (Å²) in [5, 5.41) is 7.91. The van der Waals surface area contributed by atoms with Crippen molar-refractivity contribution in [1.82, 2.24) is 15.1 Å². The molecule has 1 rings (SSSR count). The maximum absolute atomic E-state index is 5.45. The van der Waals surface area contributed by atoms with E-state index in [4.69, 9.17) is 4.74 Å². The summed E-state index contributed by atoms with van der Waals surface area (Å²) in [6, 6.07) is 0.492. The average Bonchev–Trinajstić information content (AvgIpc) is 2.83. The molecule has 1 aromatic heterocycles. The van der Waals surface area contributed by atoms with Crippen LogP contribution in [0.5, 0.6) is 0 Å². The van der Waals surface area contributed by atoms with E-state index in [2.05, 4.69) is 30.5 Å². The SMILES string of the molecule is CCCNC(CCOCC)Cc1cnn(CC)c1. The molecule has 1 heterocycles. The zero-order chi connectivity index (χ0) is 13.2. The number of aromatic nitrogens is 2. The van der Waals surface area contributed by atoms with Crippen molar-refractivity contribution >= 4 is 0 Å². The van der Waals surface area contributed by atoms with Crippen LogP contribution in [-0.4, -0.2) is 35.6 Å². The Morgan fingerprint density at radius 1 is 1.39 bits per heavy atom. The van der Waals surface area contributed by atoms with Gasteiger partial charge in [0.15, 0.2) is 0 Å². The number of hydrogen-bond acceptors (Lipinski definition) is 3. The molecule has 0 radical (unpaired) electrons. The zero-order valence-electron chi connectivity index (χ0n) is 12.0. The van der Waals surface area contributed by atoms with Crippen LogP contribution in [0.1, 0.15) is 39.2 Å². The minimum absolute atomic E-state index is 0.492. The number of aryl methyl sites for hydroxylation is 1. The van der Waals surface area contributed by atoms with Crippen LogP contribution in [-0.2, 0) is 17.7 Å². The lowest BCUT2D eigenvalue weighted by Crippen LogP contribution is -2.32. The van der Waals surface area contributed by atoms with Crippen LogP contribution in [0.15, 0.2) is 12.4 Å². The number of nitrogens with one attached hydrogen (secondary N) is 1. The van der Waals surface area contributed by atoms with E-state index in [1.807, 2.05) is 17.8 Å². The second-order valence-corrected chi connectivity index (χ2v) is 4.55. The maximum atomic E-state index is 5.45. The minimum atomic E-state index is 0.492. The van der Waals surface area contributed by atoms with Gasteiger partial charge in [-0.15, -0.1) is 0 Å². The minimum Gasteiger partial charge on any atom is -0.382 e. The number of nitrogens with zero attached hydrogens (tertiary/aromatic N) is 2. The molecule has 4 nitrogen and oxygen atoms in total. The lowest BCUT2D eigenvalue weighted by molar-refractivity contribution is 0.136. The van der Waals surface area contributed by atoms with Crippen LogP contribution in [0.4, 0.5) is 0 Å². The monoisotopic (exact) mass is 253 g/mol. The van der Waals surface area contributed by atoms with Gasteiger partial charge in [-0.3, -0.25) is 4.68 Å². The third kappa shape index (κ3) is 5.65. The van der Waals surface area contributed by atoms with E-state index in [0.29, 0.717) is 6.04 Å². The highest BCUT2D eigenvalue weighted by Crippen LogP contribution is 2.06. The molecular formula is C14H27N3O. The Kier molecular flexibility index (Phi) is 7.69. The average molecular weight is 253 g/mol. The lowest BCUT2D eigenvalue weighted by atomic mass is 10.1. The summed E-state index contributed by atoms with van der Waals surface area (Å²) in [5.74, 6) is 0. The van der Waals surface area contributed by atoms with Crippen LogP contribution in [0, 0.1) is 0 Å². The first-order valence-corrected chi connectivity index (χ1v) is 7.12. The summed E-state index contributed by atoms with van der Waals surface area (Å²) in [4.78, 5) is 0. The van der Waals surface area contributed by atoms with Gasteiger partial charge in [0.1, 0.15) is 0 Å². The highest BCUT2D eigenvalue weighted by atomic mass is 16.5. The van der Waals surface area contributed by atoms with Gasteiger partial charge in [0.2, 0.25) is 0 Å². The lowest BCUT2D eigenvalue weighted by Gasteiger charge is -2.17. The molecule has 1 unspecified atom stereocenters. The topological polar surface area (TPSA) is 39.1 Å². The quantitative estimate of drug-likeness (QED) is 0.650. The second-order valence-electron chi connectivity index (χ2n) is 4.55. The molecule has 0 bridgehead atoms. The molecule has 104 valence electrons. The van der Waals surface area contributed by atoms with Crippen molar-refractivity contribution in [1.29, 1.82) is 0 Å². The molecule has 0 aliphatic rings. The van der Waals surface area contributed by atoms with E-state index in [0.717, 1.165) is 39.1 Å². The predicted molar refractivity (Wildman–Crippen MR) is 74.8 cm³/mol. The smallest absolute Gasteiger partial charge is 0.0522 e.